The first-order chi connectivity index (χ1) is 12.9. The van der Waals surface area contributed by atoms with Crippen LogP contribution in [0.2, 0.25) is 0 Å². The number of carboxylic acids is 1. The fourth-order valence-corrected chi connectivity index (χ4v) is 4.55. The number of rotatable bonds is 4. The minimum Gasteiger partial charge on any atom is -0.480 e. The van der Waals surface area contributed by atoms with E-state index >= 15 is 0 Å². The monoisotopic (exact) mass is 417 g/mol. The average Bonchev–Trinajstić information content (AvgIpc) is 3.17. The Hall–Kier alpha value is -2.56. The Bertz CT molecular complexity index is 1010. The summed E-state index contributed by atoms with van der Waals surface area (Å²) in [6.45, 7) is 1.76. The minimum atomic E-state index is -4.51. The molecular weight excluding hydrogens is 399 g/mol. The van der Waals surface area contributed by atoms with E-state index in [1.807, 2.05) is 0 Å². The number of halogens is 3. The molecule has 1 fully saturated rings. The summed E-state index contributed by atoms with van der Waals surface area (Å²) >= 11 is 0. The smallest absolute Gasteiger partial charge is 0.416 e. The number of carbonyl (C=O) groups is 1. The van der Waals surface area contributed by atoms with Gasteiger partial charge in [0.05, 0.1) is 16.9 Å². The standard InChI is InChI=1S/C17H18F3N3O4S/c1-10-14(28(2,26)27)15(22-9-3-4-13(22)16(24)25)23(21-10)12-7-5-11(6-8-12)17(18,19)20/h5-8,13H,3-4,9H2,1-2H3,(H,24,25). The average molecular weight is 417 g/mol. The molecule has 11 heteroatoms. The summed E-state index contributed by atoms with van der Waals surface area (Å²) in [5, 5.41) is 13.7. The van der Waals surface area contributed by atoms with Crippen LogP contribution in [0.1, 0.15) is 24.1 Å². The van der Waals surface area contributed by atoms with Crippen LogP contribution in [-0.4, -0.2) is 48.1 Å². The van der Waals surface area contributed by atoms with Crippen molar-refractivity contribution < 1.29 is 31.5 Å². The van der Waals surface area contributed by atoms with Gasteiger partial charge in [-0.2, -0.15) is 18.3 Å². The molecule has 1 unspecified atom stereocenters. The fraction of sp³-hybridized carbons (Fsp3) is 0.412. The second-order valence-electron chi connectivity index (χ2n) is 6.66. The maximum absolute atomic E-state index is 12.8. The van der Waals surface area contributed by atoms with Crippen LogP contribution in [0.25, 0.3) is 5.69 Å². The molecule has 0 bridgehead atoms. The number of nitrogens with zero attached hydrogens (tertiary/aromatic N) is 3. The Labute approximate surface area is 159 Å². The normalized spacial score (nSPS) is 17.9. The van der Waals surface area contributed by atoms with E-state index in [-0.39, 0.29) is 22.1 Å². The summed E-state index contributed by atoms with van der Waals surface area (Å²) in [6.07, 6.45) is -2.65. The van der Waals surface area contributed by atoms with Crippen LogP contribution in [0, 0.1) is 6.92 Å². The quantitative estimate of drug-likeness (QED) is 0.822. The van der Waals surface area contributed by atoms with Crippen molar-refractivity contribution in [3.8, 4) is 5.69 Å². The SMILES string of the molecule is Cc1nn(-c2ccc(C(F)(F)F)cc2)c(N2CCCC2C(=O)O)c1S(C)(=O)=O. The Morgan fingerprint density at radius 1 is 1.25 bits per heavy atom. The first-order valence-corrected chi connectivity index (χ1v) is 10.3. The Balaban J connectivity index is 2.21. The molecule has 0 spiro atoms. The molecule has 0 aliphatic carbocycles. The number of aryl methyl sites for hydroxylation is 1. The zero-order valence-corrected chi connectivity index (χ0v) is 15.9. The highest BCUT2D eigenvalue weighted by atomic mass is 32.2. The molecule has 1 aliphatic heterocycles. The predicted octanol–water partition coefficient (Wildman–Crippen LogP) is 2.66. The Morgan fingerprint density at radius 3 is 2.36 bits per heavy atom. The molecule has 7 nitrogen and oxygen atoms in total. The molecule has 3 rings (SSSR count). The van der Waals surface area contributed by atoms with E-state index in [9.17, 15) is 31.5 Å². The van der Waals surface area contributed by atoms with Gasteiger partial charge >= 0.3 is 12.1 Å². The van der Waals surface area contributed by atoms with Crippen LogP contribution in [0.5, 0.6) is 0 Å². The van der Waals surface area contributed by atoms with Crippen molar-refractivity contribution in [3.05, 3.63) is 35.5 Å². The van der Waals surface area contributed by atoms with E-state index in [1.54, 1.807) is 0 Å². The number of benzene rings is 1. The summed E-state index contributed by atoms with van der Waals surface area (Å²) in [7, 11) is -3.77. The largest absolute Gasteiger partial charge is 0.480 e. The molecule has 0 amide bonds. The van der Waals surface area contributed by atoms with Gasteiger partial charge in [-0.1, -0.05) is 0 Å². The molecule has 2 aromatic rings. The lowest BCUT2D eigenvalue weighted by Crippen LogP contribution is -2.38. The maximum atomic E-state index is 12.8. The molecule has 1 saturated heterocycles. The van der Waals surface area contributed by atoms with Gasteiger partial charge in [-0.25, -0.2) is 17.9 Å². The van der Waals surface area contributed by atoms with Gasteiger partial charge < -0.3 is 10.0 Å². The number of aromatic nitrogens is 2. The fourth-order valence-electron chi connectivity index (χ4n) is 3.44. The van der Waals surface area contributed by atoms with Crippen molar-refractivity contribution in [2.75, 3.05) is 17.7 Å². The molecule has 0 saturated carbocycles. The first kappa shape index (κ1) is 20.2. The number of anilines is 1. The van der Waals surface area contributed by atoms with Crippen molar-refractivity contribution in [1.82, 2.24) is 9.78 Å². The van der Waals surface area contributed by atoms with Crippen LogP contribution < -0.4 is 4.90 Å². The van der Waals surface area contributed by atoms with E-state index in [0.717, 1.165) is 18.4 Å². The van der Waals surface area contributed by atoms with E-state index in [4.69, 9.17) is 0 Å². The predicted molar refractivity (Wildman–Crippen MR) is 94.4 cm³/mol. The third-order valence-corrected chi connectivity index (χ3v) is 5.82. The Morgan fingerprint density at radius 2 is 1.86 bits per heavy atom. The number of alkyl halides is 3. The lowest BCUT2D eigenvalue weighted by Gasteiger charge is -2.25. The third kappa shape index (κ3) is 3.58. The summed E-state index contributed by atoms with van der Waals surface area (Å²) in [4.78, 5) is 12.9. The summed E-state index contributed by atoms with van der Waals surface area (Å²) in [5.41, 5.74) is -0.500. The lowest BCUT2D eigenvalue weighted by molar-refractivity contribution is -0.138. The number of aliphatic carboxylic acids is 1. The van der Waals surface area contributed by atoms with E-state index in [1.165, 1.54) is 28.6 Å². The molecule has 1 atom stereocenters. The molecule has 0 radical (unpaired) electrons. The number of hydrogen-bond acceptors (Lipinski definition) is 5. The molecule has 1 aromatic heterocycles. The van der Waals surface area contributed by atoms with Crippen LogP contribution >= 0.6 is 0 Å². The van der Waals surface area contributed by atoms with Gasteiger partial charge in [0.15, 0.2) is 15.7 Å². The molecule has 152 valence electrons. The van der Waals surface area contributed by atoms with Crippen LogP contribution in [0.3, 0.4) is 0 Å². The maximum Gasteiger partial charge on any atom is 0.416 e. The lowest BCUT2D eigenvalue weighted by atomic mass is 10.2. The van der Waals surface area contributed by atoms with Crippen molar-refractivity contribution in [2.24, 2.45) is 0 Å². The van der Waals surface area contributed by atoms with Gasteiger partial charge in [0.25, 0.3) is 0 Å². The van der Waals surface area contributed by atoms with Gasteiger partial charge in [-0.15, -0.1) is 0 Å². The molecular formula is C17H18F3N3O4S. The highest BCUT2D eigenvalue weighted by Crippen LogP contribution is 2.36. The summed E-state index contributed by atoms with van der Waals surface area (Å²) in [5.74, 6) is -1.04. The number of carboxylic acid groups (broad SMARTS) is 1. The van der Waals surface area contributed by atoms with E-state index in [2.05, 4.69) is 5.10 Å². The Kier molecular flexibility index (Phi) is 4.90. The second kappa shape index (κ2) is 6.80. The first-order valence-electron chi connectivity index (χ1n) is 8.38. The van der Waals surface area contributed by atoms with Crippen LogP contribution in [-0.2, 0) is 20.8 Å². The zero-order valence-electron chi connectivity index (χ0n) is 15.1. The van der Waals surface area contributed by atoms with Crippen molar-refractivity contribution in [3.63, 3.8) is 0 Å². The summed E-state index contributed by atoms with van der Waals surface area (Å²) in [6, 6.07) is 3.15. The van der Waals surface area contributed by atoms with Crippen molar-refractivity contribution >= 4 is 21.6 Å². The highest BCUT2D eigenvalue weighted by Gasteiger charge is 2.38. The topological polar surface area (TPSA) is 92.5 Å². The van der Waals surface area contributed by atoms with Crippen LogP contribution in [0.15, 0.2) is 29.2 Å². The van der Waals surface area contributed by atoms with Gasteiger partial charge in [-0.05, 0) is 44.0 Å². The minimum absolute atomic E-state index is 0.0599. The number of sulfone groups is 1. The van der Waals surface area contributed by atoms with Gasteiger partial charge in [0, 0.05) is 12.8 Å². The van der Waals surface area contributed by atoms with Gasteiger partial charge in [-0.3, -0.25) is 0 Å². The summed E-state index contributed by atoms with van der Waals surface area (Å²) < 4.78 is 64.4. The zero-order chi connectivity index (χ0) is 20.9. The molecule has 2 heterocycles. The number of hydrogen-bond donors (Lipinski definition) is 1. The van der Waals surface area contributed by atoms with Crippen LogP contribution in [0.4, 0.5) is 19.0 Å². The third-order valence-electron chi connectivity index (χ3n) is 4.60. The van der Waals surface area contributed by atoms with E-state index < -0.39 is 33.6 Å². The van der Waals surface area contributed by atoms with Gasteiger partial charge in [0.2, 0.25) is 0 Å². The molecule has 1 aromatic carbocycles. The van der Waals surface area contributed by atoms with Gasteiger partial charge in [0.1, 0.15) is 10.9 Å². The van der Waals surface area contributed by atoms with Crippen molar-refractivity contribution in [1.29, 1.82) is 0 Å². The second-order valence-corrected chi connectivity index (χ2v) is 8.61. The molecule has 28 heavy (non-hydrogen) atoms. The van der Waals surface area contributed by atoms with Crippen molar-refractivity contribution in [2.45, 2.75) is 36.9 Å². The molecule has 1 N–H and O–H groups in total. The van der Waals surface area contributed by atoms with E-state index in [0.29, 0.717) is 19.4 Å². The molecule has 1 aliphatic rings. The highest BCUT2D eigenvalue weighted by molar-refractivity contribution is 7.91.